The van der Waals surface area contributed by atoms with E-state index in [0.717, 1.165) is 33.9 Å². The highest BCUT2D eigenvalue weighted by atomic mass is 32.1. The van der Waals surface area contributed by atoms with Crippen LogP contribution in [-0.2, 0) is 0 Å². The van der Waals surface area contributed by atoms with Gasteiger partial charge in [0, 0.05) is 4.88 Å². The molecule has 3 nitrogen and oxygen atoms in total. The zero-order valence-corrected chi connectivity index (χ0v) is 13.3. The summed E-state index contributed by atoms with van der Waals surface area (Å²) in [5.41, 5.74) is 4.76. The number of carbonyl (C=O) groups is 1. The molecule has 128 valence electrons. The first kappa shape index (κ1) is 17.0. The van der Waals surface area contributed by atoms with Crippen LogP contribution in [0.5, 0.6) is 0 Å². The number of benzene rings is 2. The molecular formula is C17H10F4N2OS. The van der Waals surface area contributed by atoms with Crippen LogP contribution < -0.4 is 10.9 Å². The van der Waals surface area contributed by atoms with E-state index in [2.05, 4.69) is 10.9 Å². The van der Waals surface area contributed by atoms with E-state index in [-0.39, 0.29) is 5.82 Å². The SMILES string of the molecule is O=C(NNc1ccc(F)c(F)c1F)c1ccc(-c2ccc(F)cc2)s1. The molecule has 1 heterocycles. The van der Waals surface area contributed by atoms with Crippen LogP contribution >= 0.6 is 11.3 Å². The number of amides is 1. The Morgan fingerprint density at radius 1 is 0.840 bits per heavy atom. The first-order valence-corrected chi connectivity index (χ1v) is 7.83. The number of rotatable bonds is 4. The number of hydrazine groups is 1. The van der Waals surface area contributed by atoms with Gasteiger partial charge in [-0.3, -0.25) is 15.6 Å². The maximum atomic E-state index is 13.5. The lowest BCUT2D eigenvalue weighted by Crippen LogP contribution is -2.29. The minimum absolute atomic E-state index is 0.301. The Labute approximate surface area is 143 Å². The summed E-state index contributed by atoms with van der Waals surface area (Å²) < 4.78 is 52.4. The number of hydrogen-bond acceptors (Lipinski definition) is 3. The Morgan fingerprint density at radius 3 is 2.28 bits per heavy atom. The molecule has 0 aliphatic rings. The Hall–Kier alpha value is -2.87. The minimum atomic E-state index is -1.63. The fourth-order valence-electron chi connectivity index (χ4n) is 2.04. The Kier molecular flexibility index (Phi) is 4.71. The highest BCUT2D eigenvalue weighted by Crippen LogP contribution is 2.28. The molecule has 0 spiro atoms. The topological polar surface area (TPSA) is 41.1 Å². The molecule has 1 amide bonds. The molecule has 3 aromatic rings. The minimum Gasteiger partial charge on any atom is -0.295 e. The molecule has 0 radical (unpaired) electrons. The molecular weight excluding hydrogens is 356 g/mol. The van der Waals surface area contributed by atoms with Crippen molar-refractivity contribution in [2.75, 3.05) is 5.43 Å². The quantitative estimate of drug-likeness (QED) is 0.398. The number of anilines is 1. The van der Waals surface area contributed by atoms with E-state index in [4.69, 9.17) is 0 Å². The van der Waals surface area contributed by atoms with Gasteiger partial charge in [0.05, 0.1) is 10.6 Å². The van der Waals surface area contributed by atoms with Crippen LogP contribution in [-0.4, -0.2) is 5.91 Å². The van der Waals surface area contributed by atoms with Crippen molar-refractivity contribution in [3.63, 3.8) is 0 Å². The van der Waals surface area contributed by atoms with Gasteiger partial charge in [-0.05, 0) is 42.0 Å². The van der Waals surface area contributed by atoms with Crippen LogP contribution in [0.25, 0.3) is 10.4 Å². The fourth-order valence-corrected chi connectivity index (χ4v) is 2.94. The van der Waals surface area contributed by atoms with E-state index in [0.29, 0.717) is 4.88 Å². The summed E-state index contributed by atoms with van der Waals surface area (Å²) in [4.78, 5) is 13.1. The van der Waals surface area contributed by atoms with Gasteiger partial charge in [-0.25, -0.2) is 17.6 Å². The summed E-state index contributed by atoms with van der Waals surface area (Å²) >= 11 is 1.14. The van der Waals surface area contributed by atoms with E-state index < -0.39 is 29.0 Å². The number of nitrogens with one attached hydrogen (secondary N) is 2. The lowest BCUT2D eigenvalue weighted by Gasteiger charge is -2.09. The van der Waals surface area contributed by atoms with Gasteiger partial charge in [-0.2, -0.15) is 0 Å². The van der Waals surface area contributed by atoms with Gasteiger partial charge in [0.25, 0.3) is 5.91 Å². The molecule has 0 aliphatic carbocycles. The van der Waals surface area contributed by atoms with Crippen LogP contribution in [0.1, 0.15) is 9.67 Å². The molecule has 2 aromatic carbocycles. The summed E-state index contributed by atoms with van der Waals surface area (Å²) in [7, 11) is 0. The second-order valence-corrected chi connectivity index (χ2v) is 6.06. The van der Waals surface area contributed by atoms with E-state index in [1.54, 1.807) is 24.3 Å². The third kappa shape index (κ3) is 3.63. The average molecular weight is 366 g/mol. The molecule has 0 aliphatic heterocycles. The fraction of sp³-hybridized carbons (Fsp3) is 0. The molecule has 0 unspecified atom stereocenters. The molecule has 0 bridgehead atoms. The summed E-state index contributed by atoms with van der Waals surface area (Å²) in [5, 5.41) is 0. The van der Waals surface area contributed by atoms with Crippen LogP contribution in [0.4, 0.5) is 23.2 Å². The van der Waals surface area contributed by atoms with Crippen molar-refractivity contribution in [1.82, 2.24) is 5.43 Å². The van der Waals surface area contributed by atoms with Gasteiger partial charge in [-0.15, -0.1) is 11.3 Å². The van der Waals surface area contributed by atoms with Crippen LogP contribution in [0, 0.1) is 23.3 Å². The largest absolute Gasteiger partial charge is 0.295 e. The van der Waals surface area contributed by atoms with E-state index in [9.17, 15) is 22.4 Å². The van der Waals surface area contributed by atoms with Crippen LogP contribution in [0.15, 0.2) is 48.5 Å². The van der Waals surface area contributed by atoms with E-state index >= 15 is 0 Å². The average Bonchev–Trinajstić information content (AvgIpc) is 3.09. The maximum absolute atomic E-state index is 13.5. The number of halogens is 4. The highest BCUT2D eigenvalue weighted by molar-refractivity contribution is 7.17. The van der Waals surface area contributed by atoms with Gasteiger partial charge in [-0.1, -0.05) is 12.1 Å². The Morgan fingerprint density at radius 2 is 1.56 bits per heavy atom. The van der Waals surface area contributed by atoms with Crippen molar-refractivity contribution >= 4 is 22.9 Å². The van der Waals surface area contributed by atoms with Gasteiger partial charge in [0.1, 0.15) is 5.82 Å². The molecule has 0 saturated carbocycles. The molecule has 2 N–H and O–H groups in total. The molecule has 1 aromatic heterocycles. The first-order chi connectivity index (χ1) is 12.0. The van der Waals surface area contributed by atoms with Gasteiger partial charge < -0.3 is 0 Å². The molecule has 0 saturated heterocycles. The normalized spacial score (nSPS) is 10.6. The second kappa shape index (κ2) is 6.94. The van der Waals surface area contributed by atoms with Gasteiger partial charge in [0.15, 0.2) is 17.5 Å². The van der Waals surface area contributed by atoms with E-state index in [1.165, 1.54) is 12.1 Å². The standard InChI is InChI=1S/C17H10F4N2OS/c18-10-3-1-9(2-4-10)13-7-8-14(25-13)17(24)23-22-12-6-5-11(19)15(20)16(12)21/h1-8,22H,(H,23,24). The highest BCUT2D eigenvalue weighted by Gasteiger charge is 2.15. The Bertz CT molecular complexity index is 925. The third-order valence-electron chi connectivity index (χ3n) is 3.30. The smallest absolute Gasteiger partial charge is 0.279 e. The number of carbonyl (C=O) groups excluding carboxylic acids is 1. The van der Waals surface area contributed by atoms with Crippen molar-refractivity contribution in [2.24, 2.45) is 0 Å². The first-order valence-electron chi connectivity index (χ1n) is 7.01. The molecule has 3 rings (SSSR count). The van der Waals surface area contributed by atoms with Crippen molar-refractivity contribution in [3.05, 3.63) is 76.7 Å². The summed E-state index contributed by atoms with van der Waals surface area (Å²) in [5.74, 6) is -5.33. The lowest BCUT2D eigenvalue weighted by atomic mass is 10.2. The summed E-state index contributed by atoms with van der Waals surface area (Å²) in [6.45, 7) is 0. The molecule has 0 fully saturated rings. The van der Waals surface area contributed by atoms with Crippen molar-refractivity contribution in [1.29, 1.82) is 0 Å². The van der Waals surface area contributed by atoms with E-state index in [1.807, 2.05) is 0 Å². The maximum Gasteiger partial charge on any atom is 0.279 e. The van der Waals surface area contributed by atoms with Gasteiger partial charge >= 0.3 is 0 Å². The molecule has 25 heavy (non-hydrogen) atoms. The van der Waals surface area contributed by atoms with Crippen molar-refractivity contribution in [3.8, 4) is 10.4 Å². The monoisotopic (exact) mass is 366 g/mol. The van der Waals surface area contributed by atoms with Gasteiger partial charge in [0.2, 0.25) is 0 Å². The van der Waals surface area contributed by atoms with Crippen LogP contribution in [0.3, 0.4) is 0 Å². The van der Waals surface area contributed by atoms with Crippen molar-refractivity contribution < 1.29 is 22.4 Å². The predicted molar refractivity (Wildman–Crippen MR) is 87.1 cm³/mol. The number of hydrogen-bond donors (Lipinski definition) is 2. The summed E-state index contributed by atoms with van der Waals surface area (Å²) in [6.07, 6.45) is 0. The lowest BCUT2D eigenvalue weighted by molar-refractivity contribution is 0.0966. The third-order valence-corrected chi connectivity index (χ3v) is 4.44. The van der Waals surface area contributed by atoms with Crippen molar-refractivity contribution in [2.45, 2.75) is 0 Å². The zero-order chi connectivity index (χ0) is 18.0. The van der Waals surface area contributed by atoms with Crippen LogP contribution in [0.2, 0.25) is 0 Å². The Balaban J connectivity index is 1.70. The molecule has 8 heteroatoms. The molecule has 0 atom stereocenters. The number of thiophene rings is 1. The second-order valence-electron chi connectivity index (χ2n) is 4.97. The predicted octanol–water partition coefficient (Wildman–Crippen LogP) is 4.73. The zero-order valence-electron chi connectivity index (χ0n) is 12.4. The summed E-state index contributed by atoms with van der Waals surface area (Å²) in [6, 6.07) is 10.7.